The van der Waals surface area contributed by atoms with E-state index >= 15 is 4.39 Å². The predicted octanol–water partition coefficient (Wildman–Crippen LogP) is 3.95. The summed E-state index contributed by atoms with van der Waals surface area (Å²) in [6.07, 6.45) is 8.16. The first kappa shape index (κ1) is 20.8. The lowest BCUT2D eigenvalue weighted by atomic mass is 9.67. The van der Waals surface area contributed by atoms with Gasteiger partial charge in [0.2, 0.25) is 0 Å². The smallest absolute Gasteiger partial charge is 0.177 e. The minimum absolute atomic E-state index is 0.0657. The molecular weight excluding hydrogens is 407 g/mol. The van der Waals surface area contributed by atoms with Crippen molar-refractivity contribution < 1.29 is 9.50 Å². The SMILES string of the molecule is C=C(c1ncc(-c2ccc(-n3ccnc3)cc2O)nn1)[C@H]1C[C@]2(C)C[C@@H](C)CC(N2)[C@@H]1F. The van der Waals surface area contributed by atoms with Gasteiger partial charge in [-0.1, -0.05) is 13.5 Å². The lowest BCUT2D eigenvalue weighted by Crippen LogP contribution is -2.63. The maximum absolute atomic E-state index is 15.3. The molecule has 2 fully saturated rings. The topological polar surface area (TPSA) is 88.8 Å². The number of imidazole rings is 1. The van der Waals surface area contributed by atoms with E-state index in [0.29, 0.717) is 35.0 Å². The maximum Gasteiger partial charge on any atom is 0.177 e. The number of allylic oxidation sites excluding steroid dienone is 1. The van der Waals surface area contributed by atoms with Crippen LogP contribution in [0.25, 0.3) is 22.5 Å². The zero-order valence-electron chi connectivity index (χ0n) is 18.2. The lowest BCUT2D eigenvalue weighted by Gasteiger charge is -2.51. The summed E-state index contributed by atoms with van der Waals surface area (Å²) in [5.41, 5.74) is 2.23. The number of phenolic OH excluding ortho intramolecular Hbond substituents is 1. The van der Waals surface area contributed by atoms with Crippen LogP contribution in [0.15, 0.2) is 49.7 Å². The number of nitrogens with one attached hydrogen (secondary N) is 1. The fraction of sp³-hybridized carbons (Fsp3) is 0.417. The molecule has 8 heteroatoms. The van der Waals surface area contributed by atoms with Crippen LogP contribution < -0.4 is 5.32 Å². The Hall–Kier alpha value is -3.13. The van der Waals surface area contributed by atoms with Gasteiger partial charge in [0.15, 0.2) is 5.82 Å². The molecule has 2 aliphatic rings. The molecule has 0 amide bonds. The molecule has 5 atom stereocenters. The van der Waals surface area contributed by atoms with E-state index in [1.54, 1.807) is 41.6 Å². The average Bonchev–Trinajstić information content (AvgIpc) is 3.30. The van der Waals surface area contributed by atoms with Crippen LogP contribution in [0.1, 0.15) is 38.9 Å². The Kier molecular flexibility index (Phi) is 5.04. The van der Waals surface area contributed by atoms with E-state index in [1.807, 2.05) is 6.07 Å². The second-order valence-corrected chi connectivity index (χ2v) is 9.48. The third kappa shape index (κ3) is 3.68. The Morgan fingerprint density at radius 1 is 1.31 bits per heavy atom. The molecule has 166 valence electrons. The molecule has 0 radical (unpaired) electrons. The molecule has 2 bridgehead atoms. The van der Waals surface area contributed by atoms with Crippen LogP contribution in [0.3, 0.4) is 0 Å². The molecule has 32 heavy (non-hydrogen) atoms. The van der Waals surface area contributed by atoms with Gasteiger partial charge in [0.1, 0.15) is 17.6 Å². The lowest BCUT2D eigenvalue weighted by molar-refractivity contribution is 0.0312. The van der Waals surface area contributed by atoms with Crippen LogP contribution in [0, 0.1) is 11.8 Å². The van der Waals surface area contributed by atoms with Crippen molar-refractivity contribution in [2.75, 3.05) is 0 Å². The molecular formula is C24H27FN6O. The molecule has 0 spiro atoms. The Morgan fingerprint density at radius 3 is 2.84 bits per heavy atom. The maximum atomic E-state index is 15.3. The first-order valence-corrected chi connectivity index (χ1v) is 11.0. The Balaban J connectivity index is 1.36. The predicted molar refractivity (Wildman–Crippen MR) is 120 cm³/mol. The number of hydrogen-bond acceptors (Lipinski definition) is 6. The molecule has 3 aromatic rings. The summed E-state index contributed by atoms with van der Waals surface area (Å²) < 4.78 is 17.1. The first-order chi connectivity index (χ1) is 15.3. The third-order valence-electron chi connectivity index (χ3n) is 6.78. The van der Waals surface area contributed by atoms with Crippen LogP contribution >= 0.6 is 0 Å². The largest absolute Gasteiger partial charge is 0.507 e. The number of alkyl halides is 1. The molecule has 2 N–H and O–H groups in total. The van der Waals surface area contributed by atoms with Gasteiger partial charge in [-0.3, -0.25) is 0 Å². The van der Waals surface area contributed by atoms with E-state index < -0.39 is 6.17 Å². The van der Waals surface area contributed by atoms with E-state index in [-0.39, 0.29) is 23.2 Å². The molecule has 1 unspecified atom stereocenters. The van der Waals surface area contributed by atoms with Gasteiger partial charge in [-0.15, -0.1) is 10.2 Å². The average molecular weight is 435 g/mol. The highest BCUT2D eigenvalue weighted by Gasteiger charge is 2.48. The van der Waals surface area contributed by atoms with E-state index in [0.717, 1.165) is 18.5 Å². The number of hydrogen-bond donors (Lipinski definition) is 2. The van der Waals surface area contributed by atoms with Gasteiger partial charge in [-0.2, -0.15) is 0 Å². The monoisotopic (exact) mass is 434 g/mol. The Morgan fingerprint density at radius 2 is 2.16 bits per heavy atom. The summed E-state index contributed by atoms with van der Waals surface area (Å²) >= 11 is 0. The van der Waals surface area contributed by atoms with Crippen molar-refractivity contribution in [1.82, 2.24) is 30.0 Å². The minimum Gasteiger partial charge on any atom is -0.507 e. The van der Waals surface area contributed by atoms with Crippen molar-refractivity contribution in [3.05, 3.63) is 55.5 Å². The number of benzene rings is 1. The zero-order valence-corrected chi connectivity index (χ0v) is 18.2. The van der Waals surface area contributed by atoms with Gasteiger partial charge in [-0.25, -0.2) is 14.4 Å². The van der Waals surface area contributed by atoms with E-state index in [9.17, 15) is 5.11 Å². The standard InChI is InChI=1S/C24H27FN6O/c1-14-8-19-22(25)18(11-24(3,10-14)28-19)15(2)23-27-12-20(29-30-23)17-5-4-16(9-21(17)32)31-7-6-26-13-31/h4-7,9,12-14,18-19,22,28,32H,2,8,10-11H2,1,3H3/t14-,18+,19?,22+,24-/m0/s1. The Bertz CT molecular complexity index is 1130. The number of piperidine rings is 2. The van der Waals surface area contributed by atoms with E-state index in [4.69, 9.17) is 0 Å². The summed E-state index contributed by atoms with van der Waals surface area (Å²) in [5, 5.41) is 22.5. The highest BCUT2D eigenvalue weighted by Crippen LogP contribution is 2.44. The number of aromatic hydroxyl groups is 1. The number of halogens is 1. The Labute approximate surface area is 186 Å². The van der Waals surface area contributed by atoms with Gasteiger partial charge in [-0.05, 0) is 49.8 Å². The van der Waals surface area contributed by atoms with Gasteiger partial charge in [0.05, 0.1) is 18.2 Å². The van der Waals surface area contributed by atoms with Crippen molar-refractivity contribution >= 4 is 5.57 Å². The van der Waals surface area contributed by atoms with E-state index in [1.165, 1.54) is 0 Å². The van der Waals surface area contributed by atoms with Crippen LogP contribution in [-0.2, 0) is 0 Å². The van der Waals surface area contributed by atoms with Gasteiger partial charge < -0.3 is 15.0 Å². The highest BCUT2D eigenvalue weighted by molar-refractivity contribution is 5.68. The van der Waals surface area contributed by atoms with Crippen molar-refractivity contribution in [2.24, 2.45) is 11.8 Å². The summed E-state index contributed by atoms with van der Waals surface area (Å²) in [4.78, 5) is 8.44. The molecule has 1 aromatic carbocycles. The molecule has 0 aliphatic carbocycles. The van der Waals surface area contributed by atoms with Gasteiger partial charge >= 0.3 is 0 Å². The normalized spacial score (nSPS) is 29.6. The second kappa shape index (κ2) is 7.78. The fourth-order valence-corrected chi connectivity index (χ4v) is 5.42. The second-order valence-electron chi connectivity index (χ2n) is 9.48. The van der Waals surface area contributed by atoms with Gasteiger partial charge in [0, 0.05) is 41.5 Å². The fourth-order valence-electron chi connectivity index (χ4n) is 5.42. The van der Waals surface area contributed by atoms with Crippen LogP contribution in [0.4, 0.5) is 4.39 Å². The summed E-state index contributed by atoms with van der Waals surface area (Å²) in [7, 11) is 0. The molecule has 7 nitrogen and oxygen atoms in total. The molecule has 5 rings (SSSR count). The van der Waals surface area contributed by atoms with Crippen molar-refractivity contribution in [3.8, 4) is 22.7 Å². The molecule has 2 saturated heterocycles. The van der Waals surface area contributed by atoms with Crippen LogP contribution in [0.2, 0.25) is 0 Å². The van der Waals surface area contributed by atoms with Crippen LogP contribution in [0.5, 0.6) is 5.75 Å². The van der Waals surface area contributed by atoms with Crippen LogP contribution in [-0.4, -0.2) is 47.6 Å². The quantitative estimate of drug-likeness (QED) is 0.646. The third-order valence-corrected chi connectivity index (χ3v) is 6.78. The number of phenols is 1. The molecule has 4 heterocycles. The first-order valence-electron chi connectivity index (χ1n) is 11.0. The van der Waals surface area contributed by atoms with Gasteiger partial charge in [0.25, 0.3) is 0 Å². The van der Waals surface area contributed by atoms with Crippen molar-refractivity contribution in [3.63, 3.8) is 0 Å². The number of fused-ring (bicyclic) bond motifs is 2. The number of aromatic nitrogens is 5. The zero-order chi connectivity index (χ0) is 22.5. The van der Waals surface area contributed by atoms with Crippen molar-refractivity contribution in [2.45, 2.75) is 50.9 Å². The molecule has 2 aliphatic heterocycles. The van der Waals surface area contributed by atoms with E-state index in [2.05, 4.69) is 45.9 Å². The number of rotatable bonds is 4. The number of nitrogens with zero attached hydrogens (tertiary/aromatic N) is 5. The summed E-state index contributed by atoms with van der Waals surface area (Å²) in [5.74, 6) is 0.585. The van der Waals surface area contributed by atoms with Crippen molar-refractivity contribution in [1.29, 1.82) is 0 Å². The summed E-state index contributed by atoms with van der Waals surface area (Å²) in [6.45, 7) is 8.50. The molecule has 2 aromatic heterocycles. The molecule has 0 saturated carbocycles. The highest BCUT2D eigenvalue weighted by atomic mass is 19.1. The summed E-state index contributed by atoms with van der Waals surface area (Å²) in [6, 6.07) is 5.08. The minimum atomic E-state index is -1.03.